The van der Waals surface area contributed by atoms with Crippen molar-refractivity contribution < 1.29 is 0 Å². The van der Waals surface area contributed by atoms with Crippen molar-refractivity contribution >= 4 is 0 Å². The van der Waals surface area contributed by atoms with Gasteiger partial charge in [-0.3, -0.25) is 0 Å². The molecular formula is C11H18. The third-order valence-corrected chi connectivity index (χ3v) is 4.13. The second kappa shape index (κ2) is 2.24. The van der Waals surface area contributed by atoms with E-state index in [2.05, 4.69) is 0 Å². The lowest BCUT2D eigenvalue weighted by Crippen LogP contribution is -1.98. The van der Waals surface area contributed by atoms with Gasteiger partial charge in [-0.05, 0) is 49.4 Å². The van der Waals surface area contributed by atoms with Crippen molar-refractivity contribution in [2.45, 2.75) is 44.9 Å². The third-order valence-electron chi connectivity index (χ3n) is 4.13. The van der Waals surface area contributed by atoms with Gasteiger partial charge in [0.05, 0.1) is 0 Å². The maximum Gasteiger partial charge on any atom is -0.0355 e. The molecule has 0 radical (unpaired) electrons. The molecule has 0 aromatic heterocycles. The van der Waals surface area contributed by atoms with E-state index in [0.717, 1.165) is 0 Å². The van der Waals surface area contributed by atoms with E-state index >= 15 is 0 Å². The molecule has 3 unspecified atom stereocenters. The molecule has 3 rings (SSSR count). The molecule has 0 N–H and O–H groups in total. The number of fused-ring (bicyclic) bond motifs is 1. The van der Waals surface area contributed by atoms with Crippen molar-refractivity contribution in [1.82, 2.24) is 0 Å². The SMILES string of the molecule is C1CC1CCC1CCC2CC12. The second-order valence-corrected chi connectivity index (χ2v) is 5.02. The van der Waals surface area contributed by atoms with Crippen LogP contribution in [0.5, 0.6) is 0 Å². The maximum absolute atomic E-state index is 1.61. The van der Waals surface area contributed by atoms with Gasteiger partial charge in [0.1, 0.15) is 0 Å². The quantitative estimate of drug-likeness (QED) is 0.579. The Kier molecular flexibility index (Phi) is 1.33. The smallest absolute Gasteiger partial charge is 0.0355 e. The summed E-state index contributed by atoms with van der Waals surface area (Å²) in [5, 5.41) is 0. The van der Waals surface area contributed by atoms with E-state index in [9.17, 15) is 0 Å². The minimum Gasteiger partial charge on any atom is -0.0502 e. The number of hydrogen-bond acceptors (Lipinski definition) is 0. The average Bonchev–Trinajstić information content (AvgIpc) is 2.89. The van der Waals surface area contributed by atoms with Crippen LogP contribution in [0, 0.1) is 23.7 Å². The molecule has 0 heterocycles. The van der Waals surface area contributed by atoms with Crippen molar-refractivity contribution in [3.63, 3.8) is 0 Å². The molecule has 3 aliphatic carbocycles. The Morgan fingerprint density at radius 1 is 0.909 bits per heavy atom. The van der Waals surface area contributed by atoms with E-state index in [1.165, 1.54) is 23.7 Å². The number of hydrogen-bond donors (Lipinski definition) is 0. The highest BCUT2D eigenvalue weighted by Gasteiger charge is 2.47. The van der Waals surface area contributed by atoms with Crippen LogP contribution in [-0.4, -0.2) is 0 Å². The first-order valence-corrected chi connectivity index (χ1v) is 5.43. The van der Waals surface area contributed by atoms with Gasteiger partial charge in [-0.2, -0.15) is 0 Å². The number of rotatable bonds is 3. The van der Waals surface area contributed by atoms with E-state index in [4.69, 9.17) is 0 Å². The van der Waals surface area contributed by atoms with Crippen LogP contribution in [0.1, 0.15) is 44.9 Å². The normalized spacial score (nSPS) is 47.5. The summed E-state index contributed by atoms with van der Waals surface area (Å²) in [6, 6.07) is 0. The molecule has 3 saturated carbocycles. The average molecular weight is 150 g/mol. The maximum atomic E-state index is 1.61. The minimum absolute atomic E-state index is 1.17. The Hall–Kier alpha value is 0. The van der Waals surface area contributed by atoms with Crippen LogP contribution in [0.2, 0.25) is 0 Å². The molecule has 0 aromatic rings. The monoisotopic (exact) mass is 150 g/mol. The van der Waals surface area contributed by atoms with Gasteiger partial charge in [-0.15, -0.1) is 0 Å². The second-order valence-electron chi connectivity index (χ2n) is 5.02. The summed E-state index contributed by atoms with van der Waals surface area (Å²) in [6.07, 6.45) is 11.1. The first-order chi connectivity index (χ1) is 5.43. The highest BCUT2D eigenvalue weighted by molar-refractivity contribution is 4.97. The van der Waals surface area contributed by atoms with Gasteiger partial charge in [0.25, 0.3) is 0 Å². The van der Waals surface area contributed by atoms with Crippen molar-refractivity contribution in [2.24, 2.45) is 23.7 Å². The molecule has 0 spiro atoms. The Balaban J connectivity index is 1.47. The zero-order valence-corrected chi connectivity index (χ0v) is 7.26. The summed E-state index contributed by atoms with van der Waals surface area (Å²) < 4.78 is 0. The van der Waals surface area contributed by atoms with Gasteiger partial charge in [-0.25, -0.2) is 0 Å². The van der Waals surface area contributed by atoms with Crippen molar-refractivity contribution in [3.8, 4) is 0 Å². The summed E-state index contributed by atoms with van der Waals surface area (Å²) in [5.74, 6) is 4.78. The predicted octanol–water partition coefficient (Wildman–Crippen LogP) is 3.22. The van der Waals surface area contributed by atoms with Crippen molar-refractivity contribution in [1.29, 1.82) is 0 Å². The molecule has 0 aliphatic heterocycles. The topological polar surface area (TPSA) is 0 Å². The van der Waals surface area contributed by atoms with Crippen LogP contribution >= 0.6 is 0 Å². The fraction of sp³-hybridized carbons (Fsp3) is 1.00. The van der Waals surface area contributed by atoms with Gasteiger partial charge >= 0.3 is 0 Å². The predicted molar refractivity (Wildman–Crippen MR) is 46.3 cm³/mol. The highest BCUT2D eigenvalue weighted by Crippen LogP contribution is 2.57. The Morgan fingerprint density at radius 2 is 1.82 bits per heavy atom. The van der Waals surface area contributed by atoms with Crippen LogP contribution in [-0.2, 0) is 0 Å². The zero-order chi connectivity index (χ0) is 7.26. The highest BCUT2D eigenvalue weighted by atomic mass is 14.5. The Labute approximate surface area is 69.4 Å². The summed E-state index contributed by atoms with van der Waals surface area (Å²) in [7, 11) is 0. The molecule has 62 valence electrons. The van der Waals surface area contributed by atoms with E-state index in [1.807, 2.05) is 0 Å². The standard InChI is InChI=1S/C11H18/c1-2-8(1)3-4-9-5-6-10-7-11(9)10/h8-11H,1-7H2. The molecular weight excluding hydrogens is 132 g/mol. The third kappa shape index (κ3) is 1.21. The largest absolute Gasteiger partial charge is 0.0502 e. The van der Waals surface area contributed by atoms with E-state index in [0.29, 0.717) is 0 Å². The van der Waals surface area contributed by atoms with Crippen molar-refractivity contribution in [3.05, 3.63) is 0 Å². The van der Waals surface area contributed by atoms with E-state index in [1.54, 1.807) is 44.9 Å². The van der Waals surface area contributed by atoms with Crippen LogP contribution in [0.25, 0.3) is 0 Å². The first kappa shape index (κ1) is 6.51. The molecule has 0 amide bonds. The zero-order valence-electron chi connectivity index (χ0n) is 7.26. The first-order valence-electron chi connectivity index (χ1n) is 5.43. The molecule has 0 bridgehead atoms. The Morgan fingerprint density at radius 3 is 2.36 bits per heavy atom. The summed E-state index contributed by atoms with van der Waals surface area (Å²) >= 11 is 0. The van der Waals surface area contributed by atoms with Gasteiger partial charge in [-0.1, -0.05) is 19.3 Å². The lowest BCUT2D eigenvalue weighted by Gasteiger charge is -2.09. The summed E-state index contributed by atoms with van der Waals surface area (Å²) in [4.78, 5) is 0. The summed E-state index contributed by atoms with van der Waals surface area (Å²) in [5.41, 5.74) is 0. The van der Waals surface area contributed by atoms with Crippen LogP contribution in [0.15, 0.2) is 0 Å². The van der Waals surface area contributed by atoms with Crippen LogP contribution in [0.4, 0.5) is 0 Å². The molecule has 3 atom stereocenters. The van der Waals surface area contributed by atoms with Gasteiger partial charge < -0.3 is 0 Å². The van der Waals surface area contributed by atoms with Crippen molar-refractivity contribution in [2.75, 3.05) is 0 Å². The van der Waals surface area contributed by atoms with E-state index in [-0.39, 0.29) is 0 Å². The van der Waals surface area contributed by atoms with Gasteiger partial charge in [0.15, 0.2) is 0 Å². The molecule has 11 heavy (non-hydrogen) atoms. The minimum atomic E-state index is 1.17. The molecule has 0 heteroatoms. The molecule has 3 aliphatic rings. The molecule has 0 aromatic carbocycles. The lowest BCUT2D eigenvalue weighted by molar-refractivity contribution is 0.418. The van der Waals surface area contributed by atoms with Gasteiger partial charge in [0, 0.05) is 0 Å². The van der Waals surface area contributed by atoms with Crippen LogP contribution < -0.4 is 0 Å². The molecule has 0 nitrogen and oxygen atoms in total. The Bertz CT molecular complexity index is 157. The van der Waals surface area contributed by atoms with Crippen LogP contribution in [0.3, 0.4) is 0 Å². The fourth-order valence-corrected chi connectivity index (χ4v) is 3.04. The van der Waals surface area contributed by atoms with E-state index < -0.39 is 0 Å². The molecule has 3 fully saturated rings. The molecule has 0 saturated heterocycles. The summed E-state index contributed by atoms with van der Waals surface area (Å²) in [6.45, 7) is 0. The lowest BCUT2D eigenvalue weighted by atomic mass is 9.96. The van der Waals surface area contributed by atoms with Gasteiger partial charge in [0.2, 0.25) is 0 Å². The fourth-order valence-electron chi connectivity index (χ4n) is 3.04.